The first-order valence-corrected chi connectivity index (χ1v) is 6.23. The largest absolute Gasteiger partial charge is 0.370 e. The first-order chi connectivity index (χ1) is 7.81. The number of halogens is 1. The number of alkyl halides is 1. The van der Waals surface area contributed by atoms with Crippen molar-refractivity contribution in [3.63, 3.8) is 0 Å². The molecule has 1 aromatic heterocycles. The van der Waals surface area contributed by atoms with Crippen LogP contribution < -0.4 is 10.5 Å². The van der Waals surface area contributed by atoms with Gasteiger partial charge in [0.2, 0.25) is 0 Å². The number of rotatable bonds is 4. The van der Waals surface area contributed by atoms with E-state index in [-0.39, 0.29) is 5.56 Å². The van der Waals surface area contributed by atoms with E-state index in [0.29, 0.717) is 12.4 Å². The lowest BCUT2D eigenvalue weighted by Crippen LogP contribution is -2.26. The molecule has 0 aliphatic carbocycles. The lowest BCUT2D eigenvalue weighted by atomic mass is 10.4. The summed E-state index contributed by atoms with van der Waals surface area (Å²) in [6.07, 6.45) is 4.96. The number of hydrogen-bond acceptors (Lipinski definition) is 3. The van der Waals surface area contributed by atoms with E-state index in [1.54, 1.807) is 12.3 Å². The summed E-state index contributed by atoms with van der Waals surface area (Å²) in [7, 11) is 0. The van der Waals surface area contributed by atoms with Crippen molar-refractivity contribution in [3.05, 3.63) is 22.6 Å². The lowest BCUT2D eigenvalue weighted by molar-refractivity contribution is 0.569. The number of hydrogen-bond donors (Lipinski definition) is 0. The molecule has 4 nitrogen and oxygen atoms in total. The van der Waals surface area contributed by atoms with Crippen LogP contribution in [0.25, 0.3) is 0 Å². The van der Waals surface area contributed by atoms with Gasteiger partial charge in [0.05, 0.1) is 11.9 Å². The fourth-order valence-electron chi connectivity index (χ4n) is 1.95. The Kier molecular flexibility index (Phi) is 3.83. The molecule has 2 rings (SSSR count). The molecule has 1 aliphatic rings. The van der Waals surface area contributed by atoms with E-state index in [1.807, 2.05) is 0 Å². The fraction of sp³-hybridized carbons (Fsp3) is 0.636. The minimum atomic E-state index is -0.0329. The van der Waals surface area contributed by atoms with Gasteiger partial charge >= 0.3 is 0 Å². The van der Waals surface area contributed by atoms with Crippen LogP contribution in [0.1, 0.15) is 19.3 Å². The van der Waals surface area contributed by atoms with Gasteiger partial charge in [-0.05, 0) is 19.3 Å². The summed E-state index contributed by atoms with van der Waals surface area (Å²) in [4.78, 5) is 13.9. The normalized spacial score (nSPS) is 15.7. The monoisotopic (exact) mass is 241 g/mol. The number of aromatic nitrogens is 2. The Labute approximate surface area is 99.8 Å². The minimum Gasteiger partial charge on any atom is -0.370 e. The summed E-state index contributed by atoms with van der Waals surface area (Å²) in [5, 5.41) is 4.16. The molecule has 0 bridgehead atoms. The van der Waals surface area contributed by atoms with Crippen molar-refractivity contribution >= 4 is 17.3 Å². The quantitative estimate of drug-likeness (QED) is 0.750. The Morgan fingerprint density at radius 3 is 2.75 bits per heavy atom. The Morgan fingerprint density at radius 2 is 2.12 bits per heavy atom. The van der Waals surface area contributed by atoms with Gasteiger partial charge in [-0.2, -0.15) is 5.10 Å². The summed E-state index contributed by atoms with van der Waals surface area (Å²) in [5.41, 5.74) is 0.916. The van der Waals surface area contributed by atoms with E-state index in [4.69, 9.17) is 11.6 Å². The van der Waals surface area contributed by atoms with Crippen molar-refractivity contribution in [3.8, 4) is 0 Å². The van der Waals surface area contributed by atoms with E-state index in [0.717, 1.165) is 25.2 Å². The molecule has 0 N–H and O–H groups in total. The molecule has 0 radical (unpaired) electrons. The Hall–Kier alpha value is -1.03. The number of nitrogens with zero attached hydrogens (tertiary/aromatic N) is 3. The third-order valence-corrected chi connectivity index (χ3v) is 3.10. The van der Waals surface area contributed by atoms with Crippen molar-refractivity contribution in [2.75, 3.05) is 23.9 Å². The molecule has 1 aromatic rings. The molecule has 2 heterocycles. The van der Waals surface area contributed by atoms with Gasteiger partial charge in [-0.25, -0.2) is 4.68 Å². The second-order valence-corrected chi connectivity index (χ2v) is 4.39. The fourth-order valence-corrected chi connectivity index (χ4v) is 2.07. The average molecular weight is 242 g/mol. The highest BCUT2D eigenvalue weighted by Crippen LogP contribution is 2.16. The zero-order valence-electron chi connectivity index (χ0n) is 9.23. The molecule has 0 atom stereocenters. The van der Waals surface area contributed by atoms with Gasteiger partial charge in [0.1, 0.15) is 0 Å². The molecule has 0 saturated carbocycles. The van der Waals surface area contributed by atoms with Gasteiger partial charge in [-0.15, -0.1) is 11.6 Å². The third-order valence-electron chi connectivity index (χ3n) is 2.83. The van der Waals surface area contributed by atoms with E-state index in [9.17, 15) is 4.79 Å². The van der Waals surface area contributed by atoms with Crippen molar-refractivity contribution < 1.29 is 0 Å². The van der Waals surface area contributed by atoms with Crippen LogP contribution in [-0.4, -0.2) is 28.8 Å². The maximum atomic E-state index is 11.7. The van der Waals surface area contributed by atoms with Gasteiger partial charge in [0.25, 0.3) is 5.56 Å². The van der Waals surface area contributed by atoms with Crippen LogP contribution in [0, 0.1) is 0 Å². The van der Waals surface area contributed by atoms with Crippen molar-refractivity contribution in [1.82, 2.24) is 9.78 Å². The predicted molar refractivity (Wildman–Crippen MR) is 65.3 cm³/mol. The molecular weight excluding hydrogens is 226 g/mol. The Bertz CT molecular complexity index is 398. The van der Waals surface area contributed by atoms with Crippen LogP contribution in [0.3, 0.4) is 0 Å². The summed E-state index contributed by atoms with van der Waals surface area (Å²) in [5.74, 6) is 0.558. The minimum absolute atomic E-state index is 0.0329. The molecule has 0 unspecified atom stereocenters. The van der Waals surface area contributed by atoms with Crippen molar-refractivity contribution in [1.29, 1.82) is 0 Å². The van der Waals surface area contributed by atoms with Crippen molar-refractivity contribution in [2.24, 2.45) is 0 Å². The highest BCUT2D eigenvalue weighted by molar-refractivity contribution is 6.17. The molecule has 0 spiro atoms. The average Bonchev–Trinajstić information content (AvgIpc) is 2.81. The molecule has 1 fully saturated rings. The second-order valence-electron chi connectivity index (χ2n) is 4.01. The second kappa shape index (κ2) is 5.34. The van der Waals surface area contributed by atoms with Gasteiger partial charge < -0.3 is 4.90 Å². The lowest BCUT2D eigenvalue weighted by Gasteiger charge is -2.16. The summed E-state index contributed by atoms with van der Waals surface area (Å²) in [6.45, 7) is 2.67. The summed E-state index contributed by atoms with van der Waals surface area (Å²) >= 11 is 5.59. The van der Waals surface area contributed by atoms with Crippen LogP contribution >= 0.6 is 11.6 Å². The van der Waals surface area contributed by atoms with Crippen LogP contribution in [0.5, 0.6) is 0 Å². The molecular formula is C11H16ClN3O. The summed E-state index contributed by atoms with van der Waals surface area (Å²) < 4.78 is 1.47. The smallest absolute Gasteiger partial charge is 0.268 e. The molecule has 5 heteroatoms. The topological polar surface area (TPSA) is 38.1 Å². The van der Waals surface area contributed by atoms with Gasteiger partial charge in [-0.3, -0.25) is 4.79 Å². The van der Waals surface area contributed by atoms with Crippen LogP contribution in [0.2, 0.25) is 0 Å². The van der Waals surface area contributed by atoms with E-state index >= 15 is 0 Å². The van der Waals surface area contributed by atoms with Crippen molar-refractivity contribution in [2.45, 2.75) is 25.8 Å². The molecule has 88 valence electrons. The summed E-state index contributed by atoms with van der Waals surface area (Å²) in [6, 6.07) is 1.67. The van der Waals surface area contributed by atoms with Crippen LogP contribution in [0.4, 0.5) is 5.69 Å². The molecule has 0 amide bonds. The molecule has 1 aliphatic heterocycles. The van der Waals surface area contributed by atoms with E-state index in [1.165, 1.54) is 17.5 Å². The van der Waals surface area contributed by atoms with Gasteiger partial charge in [0, 0.05) is 31.6 Å². The predicted octanol–water partition coefficient (Wildman–Crippen LogP) is 1.47. The zero-order valence-corrected chi connectivity index (χ0v) is 9.99. The SMILES string of the molecule is O=c1cc(N2CCCC2)cnn1CCCCl. The molecule has 16 heavy (non-hydrogen) atoms. The number of anilines is 1. The Balaban J connectivity index is 2.12. The standard InChI is InChI=1S/C11H16ClN3O/c12-4-3-7-15-11(16)8-10(9-13-15)14-5-1-2-6-14/h8-9H,1-7H2. The Morgan fingerprint density at radius 1 is 1.38 bits per heavy atom. The maximum absolute atomic E-state index is 11.7. The zero-order chi connectivity index (χ0) is 11.4. The maximum Gasteiger partial charge on any atom is 0.268 e. The molecule has 1 saturated heterocycles. The van der Waals surface area contributed by atoms with Gasteiger partial charge in [-0.1, -0.05) is 0 Å². The van der Waals surface area contributed by atoms with Crippen LogP contribution in [-0.2, 0) is 6.54 Å². The highest BCUT2D eigenvalue weighted by atomic mass is 35.5. The highest BCUT2D eigenvalue weighted by Gasteiger charge is 2.13. The van der Waals surface area contributed by atoms with E-state index < -0.39 is 0 Å². The van der Waals surface area contributed by atoms with Gasteiger partial charge in [0.15, 0.2) is 0 Å². The first kappa shape index (κ1) is 11.5. The van der Waals surface area contributed by atoms with Crippen LogP contribution in [0.15, 0.2) is 17.1 Å². The van der Waals surface area contributed by atoms with E-state index in [2.05, 4.69) is 10.00 Å². The third kappa shape index (κ3) is 2.55. The number of aryl methyl sites for hydroxylation is 1. The first-order valence-electron chi connectivity index (χ1n) is 5.69. The molecule has 0 aromatic carbocycles.